The average Bonchev–Trinajstić information content (AvgIpc) is 2.90. The van der Waals surface area contributed by atoms with Crippen molar-refractivity contribution in [1.29, 1.82) is 0 Å². The quantitative estimate of drug-likeness (QED) is 0.493. The highest BCUT2D eigenvalue weighted by Gasteiger charge is 2.42. The minimum absolute atomic E-state index is 0.204. The number of carbonyl (C=O) groups excluding carboxylic acids is 1. The molecule has 0 aliphatic heterocycles. The summed E-state index contributed by atoms with van der Waals surface area (Å²) in [7, 11) is 0. The summed E-state index contributed by atoms with van der Waals surface area (Å²) in [5.41, 5.74) is -4.47. The molecule has 12 heteroatoms. The van der Waals surface area contributed by atoms with E-state index in [1.165, 1.54) is 6.92 Å². The number of aromatic nitrogens is 2. The zero-order valence-corrected chi connectivity index (χ0v) is 14.2. The third-order valence-corrected chi connectivity index (χ3v) is 3.67. The molecule has 4 nitrogen and oxygen atoms in total. The second-order valence-electron chi connectivity index (χ2n) is 4.82. The molecule has 142 valence electrons. The monoisotopic (exact) mass is 420 g/mol. The van der Waals surface area contributed by atoms with Gasteiger partial charge in [-0.3, -0.25) is 4.57 Å². The van der Waals surface area contributed by atoms with Gasteiger partial charge in [0.05, 0.1) is 27.9 Å². The topological polar surface area (TPSA) is 44.1 Å². The summed E-state index contributed by atoms with van der Waals surface area (Å²) in [5, 5.41) is -1.41. The normalized spacial score (nSPS) is 12.3. The molecule has 0 spiro atoms. The van der Waals surface area contributed by atoms with Gasteiger partial charge in [0.2, 0.25) is 0 Å². The van der Waals surface area contributed by atoms with E-state index in [1.807, 2.05) is 0 Å². The third kappa shape index (κ3) is 3.90. The van der Waals surface area contributed by atoms with Crippen LogP contribution in [0, 0.1) is 0 Å². The smallest absolute Gasteiger partial charge is 0.434 e. The predicted octanol–water partition coefficient (Wildman–Crippen LogP) is 5.39. The largest absolute Gasteiger partial charge is 0.461 e. The highest BCUT2D eigenvalue weighted by Crippen LogP contribution is 2.41. The summed E-state index contributed by atoms with van der Waals surface area (Å²) in [5.74, 6) is -1.35. The van der Waals surface area contributed by atoms with E-state index >= 15 is 0 Å². The molecule has 1 aromatic carbocycles. The van der Waals surface area contributed by atoms with Gasteiger partial charge in [0.15, 0.2) is 11.4 Å². The van der Waals surface area contributed by atoms with Gasteiger partial charge in [-0.1, -0.05) is 23.2 Å². The molecule has 0 fully saturated rings. The number of halogens is 8. The molecule has 0 N–H and O–H groups in total. The fourth-order valence-corrected chi connectivity index (χ4v) is 2.77. The minimum atomic E-state index is -5.09. The van der Waals surface area contributed by atoms with E-state index < -0.39 is 51.0 Å². The van der Waals surface area contributed by atoms with E-state index in [1.54, 1.807) is 0 Å². The Balaban J connectivity index is 2.72. The lowest BCUT2D eigenvalue weighted by molar-refractivity contribution is -0.143. The molecule has 0 amide bonds. The maximum Gasteiger partial charge on any atom is 0.434 e. The van der Waals surface area contributed by atoms with Crippen LogP contribution in [0.3, 0.4) is 0 Å². The zero-order valence-electron chi connectivity index (χ0n) is 12.7. The van der Waals surface area contributed by atoms with Crippen LogP contribution in [0.2, 0.25) is 10.0 Å². The number of benzene rings is 1. The van der Waals surface area contributed by atoms with Crippen LogP contribution in [0.4, 0.5) is 26.3 Å². The number of imidazole rings is 1. The SMILES string of the molecule is CCOC(=O)c1ncn(-c2c(Cl)cc(C(F)(F)F)cc2Cl)c1C(F)(F)F. The summed E-state index contributed by atoms with van der Waals surface area (Å²) >= 11 is 11.5. The van der Waals surface area contributed by atoms with Crippen molar-refractivity contribution in [2.75, 3.05) is 6.61 Å². The van der Waals surface area contributed by atoms with E-state index in [0.29, 0.717) is 23.0 Å². The lowest BCUT2D eigenvalue weighted by Crippen LogP contribution is -2.19. The van der Waals surface area contributed by atoms with Crippen molar-refractivity contribution in [1.82, 2.24) is 9.55 Å². The fraction of sp³-hybridized carbons (Fsp3) is 0.286. The van der Waals surface area contributed by atoms with Gasteiger partial charge in [0.25, 0.3) is 0 Å². The summed E-state index contributed by atoms with van der Waals surface area (Å²) in [6.07, 6.45) is -9.31. The maximum absolute atomic E-state index is 13.4. The Labute approximate surface area is 152 Å². The molecule has 0 atom stereocenters. The number of rotatable bonds is 3. The summed E-state index contributed by atoms with van der Waals surface area (Å²) in [4.78, 5) is 15.1. The molecular formula is C14H8Cl2F6N2O2. The number of carbonyl (C=O) groups is 1. The zero-order chi connectivity index (χ0) is 19.9. The Bertz CT molecular complexity index is 822. The van der Waals surface area contributed by atoms with Crippen molar-refractivity contribution in [3.63, 3.8) is 0 Å². The van der Waals surface area contributed by atoms with Crippen LogP contribution in [-0.4, -0.2) is 22.1 Å². The number of esters is 1. The average molecular weight is 421 g/mol. The lowest BCUT2D eigenvalue weighted by atomic mass is 10.2. The number of hydrogen-bond acceptors (Lipinski definition) is 3. The molecule has 0 aliphatic carbocycles. The van der Waals surface area contributed by atoms with E-state index in [-0.39, 0.29) is 6.61 Å². The van der Waals surface area contributed by atoms with Crippen molar-refractivity contribution < 1.29 is 35.9 Å². The Morgan fingerprint density at radius 3 is 2.08 bits per heavy atom. The van der Waals surface area contributed by atoms with Gasteiger partial charge in [-0.05, 0) is 19.1 Å². The first-order valence-electron chi connectivity index (χ1n) is 6.76. The molecule has 26 heavy (non-hydrogen) atoms. The Morgan fingerprint density at radius 1 is 1.12 bits per heavy atom. The Kier molecular flexibility index (Phi) is 5.48. The fourth-order valence-electron chi connectivity index (χ4n) is 2.10. The molecule has 2 aromatic rings. The first-order valence-corrected chi connectivity index (χ1v) is 7.51. The highest BCUT2D eigenvalue weighted by atomic mass is 35.5. The van der Waals surface area contributed by atoms with Crippen molar-refractivity contribution in [3.05, 3.63) is 45.5 Å². The first kappa shape index (κ1) is 20.4. The van der Waals surface area contributed by atoms with Gasteiger partial charge in [0, 0.05) is 0 Å². The van der Waals surface area contributed by atoms with Crippen molar-refractivity contribution >= 4 is 29.2 Å². The number of hydrogen-bond donors (Lipinski definition) is 0. The summed E-state index contributed by atoms with van der Waals surface area (Å²) in [6, 6.07) is 0.847. The van der Waals surface area contributed by atoms with E-state index in [9.17, 15) is 31.1 Å². The molecule has 1 aromatic heterocycles. The first-order chi connectivity index (χ1) is 11.9. The molecular weight excluding hydrogens is 413 g/mol. The Morgan fingerprint density at radius 2 is 1.65 bits per heavy atom. The molecule has 1 heterocycles. The van der Waals surface area contributed by atoms with Crippen molar-refractivity contribution in [2.24, 2.45) is 0 Å². The second kappa shape index (κ2) is 6.99. The minimum Gasteiger partial charge on any atom is -0.461 e. The van der Waals surface area contributed by atoms with Gasteiger partial charge in [-0.25, -0.2) is 9.78 Å². The predicted molar refractivity (Wildman–Crippen MR) is 79.5 cm³/mol. The summed E-state index contributed by atoms with van der Waals surface area (Å²) in [6.45, 7) is 1.18. The molecule has 0 bridgehead atoms. The standard InChI is InChI=1S/C14H8Cl2F6N2O2/c1-2-26-12(25)9-11(14(20,21)22)24(5-23-9)10-7(15)3-6(4-8(10)16)13(17,18)19/h3-5H,2H2,1H3. The van der Waals surface area contributed by atoms with E-state index in [2.05, 4.69) is 9.72 Å². The third-order valence-electron chi connectivity index (χ3n) is 3.09. The van der Waals surface area contributed by atoms with Crippen LogP contribution < -0.4 is 0 Å². The van der Waals surface area contributed by atoms with Gasteiger partial charge in [-0.15, -0.1) is 0 Å². The van der Waals surface area contributed by atoms with Crippen LogP contribution in [0.5, 0.6) is 0 Å². The van der Waals surface area contributed by atoms with Crippen LogP contribution in [0.15, 0.2) is 18.5 Å². The maximum atomic E-state index is 13.4. The molecule has 2 rings (SSSR count). The number of nitrogens with zero attached hydrogens (tertiary/aromatic N) is 2. The summed E-state index contributed by atoms with van der Waals surface area (Å²) < 4.78 is 83.4. The van der Waals surface area contributed by atoms with Gasteiger partial charge >= 0.3 is 18.3 Å². The Hall–Kier alpha value is -1.94. The van der Waals surface area contributed by atoms with Crippen LogP contribution in [-0.2, 0) is 17.1 Å². The second-order valence-corrected chi connectivity index (χ2v) is 5.63. The lowest BCUT2D eigenvalue weighted by Gasteiger charge is -2.16. The van der Waals surface area contributed by atoms with Crippen LogP contribution in [0.25, 0.3) is 5.69 Å². The van der Waals surface area contributed by atoms with Gasteiger partial charge in [0.1, 0.15) is 6.33 Å². The number of ether oxygens (including phenoxy) is 1. The van der Waals surface area contributed by atoms with Crippen LogP contribution >= 0.6 is 23.2 Å². The molecule has 0 saturated carbocycles. The molecule has 0 unspecified atom stereocenters. The van der Waals surface area contributed by atoms with E-state index in [0.717, 1.165) is 0 Å². The molecule has 0 aliphatic rings. The van der Waals surface area contributed by atoms with Crippen molar-refractivity contribution in [3.8, 4) is 5.69 Å². The molecule has 0 saturated heterocycles. The van der Waals surface area contributed by atoms with Crippen LogP contribution in [0.1, 0.15) is 28.7 Å². The molecule has 0 radical (unpaired) electrons. The van der Waals surface area contributed by atoms with Gasteiger partial charge < -0.3 is 4.74 Å². The van der Waals surface area contributed by atoms with Crippen molar-refractivity contribution in [2.45, 2.75) is 19.3 Å². The van der Waals surface area contributed by atoms with E-state index in [4.69, 9.17) is 23.2 Å². The number of alkyl halides is 6. The van der Waals surface area contributed by atoms with Gasteiger partial charge in [-0.2, -0.15) is 26.3 Å². The highest BCUT2D eigenvalue weighted by molar-refractivity contribution is 6.38.